The van der Waals surface area contributed by atoms with Crippen molar-refractivity contribution in [2.45, 2.75) is 307 Å². The van der Waals surface area contributed by atoms with E-state index in [1.165, 1.54) is 205 Å². The topological polar surface area (TPSA) is 149 Å². The molecular weight excluding hydrogens is 803 g/mol. The van der Waals surface area contributed by atoms with E-state index < -0.39 is 49.5 Å². The Hall–Kier alpha value is -1.33. The van der Waals surface area contributed by atoms with Gasteiger partial charge in [-0.3, -0.25) is 4.79 Å². The van der Waals surface area contributed by atoms with Gasteiger partial charge in [-0.1, -0.05) is 250 Å². The molecule has 1 aliphatic heterocycles. The maximum Gasteiger partial charge on any atom is 0.220 e. The SMILES string of the molecule is CCCCCCCCCCCCCCCCC/C=C/CC/C=C/C(O)C(COC1OC(CO)C(O)C(O)C1O)NC(=O)CCCCCCCCCCCCCCCCCCCCCC. The zero-order chi connectivity index (χ0) is 46.6. The van der Waals surface area contributed by atoms with Gasteiger partial charge in [0.1, 0.15) is 24.4 Å². The smallest absolute Gasteiger partial charge is 0.220 e. The zero-order valence-electron chi connectivity index (χ0n) is 41.8. The van der Waals surface area contributed by atoms with Crippen molar-refractivity contribution in [3.05, 3.63) is 24.3 Å². The molecule has 7 unspecified atom stereocenters. The molecule has 9 heteroatoms. The summed E-state index contributed by atoms with van der Waals surface area (Å²) < 4.78 is 11.2. The second-order valence-electron chi connectivity index (χ2n) is 19.4. The van der Waals surface area contributed by atoms with Crippen LogP contribution in [0.1, 0.15) is 264 Å². The molecule has 0 radical (unpaired) electrons. The third-order valence-electron chi connectivity index (χ3n) is 13.3. The average molecular weight is 908 g/mol. The minimum Gasteiger partial charge on any atom is -0.394 e. The predicted molar refractivity (Wildman–Crippen MR) is 267 cm³/mol. The molecule has 0 aliphatic carbocycles. The van der Waals surface area contributed by atoms with Gasteiger partial charge in [0, 0.05) is 6.42 Å². The number of aliphatic hydroxyl groups is 5. The Balaban J connectivity index is 2.27. The number of aliphatic hydroxyl groups excluding tert-OH is 5. The summed E-state index contributed by atoms with van der Waals surface area (Å²) >= 11 is 0. The number of hydrogen-bond acceptors (Lipinski definition) is 8. The fraction of sp³-hybridized carbons (Fsp3) is 0.909. The van der Waals surface area contributed by atoms with Crippen LogP contribution in [-0.4, -0.2) is 87.5 Å². The molecule has 7 atom stereocenters. The lowest BCUT2D eigenvalue weighted by Crippen LogP contribution is -2.60. The van der Waals surface area contributed by atoms with Crippen LogP contribution in [0, 0.1) is 0 Å². The Labute approximate surface area is 394 Å². The Morgan fingerprint density at radius 2 is 0.891 bits per heavy atom. The van der Waals surface area contributed by atoms with Gasteiger partial charge in [0.2, 0.25) is 5.91 Å². The summed E-state index contributed by atoms with van der Waals surface area (Å²) in [6.07, 6.45) is 49.5. The lowest BCUT2D eigenvalue weighted by Gasteiger charge is -2.40. The molecule has 1 fully saturated rings. The number of amides is 1. The first-order valence-corrected chi connectivity index (χ1v) is 27.6. The number of nitrogens with one attached hydrogen (secondary N) is 1. The summed E-state index contributed by atoms with van der Waals surface area (Å²) in [6.45, 7) is 3.80. The van der Waals surface area contributed by atoms with E-state index in [-0.39, 0.29) is 12.5 Å². The zero-order valence-corrected chi connectivity index (χ0v) is 41.8. The van der Waals surface area contributed by atoms with Gasteiger partial charge in [-0.2, -0.15) is 0 Å². The van der Waals surface area contributed by atoms with Crippen LogP contribution in [0.5, 0.6) is 0 Å². The molecular formula is C55H105NO8. The standard InChI is InChI=1S/C55H105NO8/c1-3-5-7-9-11-13-15-17-19-21-23-25-26-28-30-32-34-36-38-40-42-44-49(58)48(47-63-55-54(62)53(61)52(60)50(46-57)64-55)56-51(59)45-43-41-39-37-35-33-31-29-27-24-22-20-18-16-14-12-10-8-6-4-2/h34,36,42,44,48-50,52-55,57-58,60-62H,3-33,35,37-41,43,45-47H2,1-2H3,(H,56,59)/b36-34+,44-42+. The van der Waals surface area contributed by atoms with Gasteiger partial charge >= 0.3 is 0 Å². The highest BCUT2D eigenvalue weighted by atomic mass is 16.7. The third-order valence-corrected chi connectivity index (χ3v) is 13.3. The predicted octanol–water partition coefficient (Wildman–Crippen LogP) is 13.0. The second kappa shape index (κ2) is 45.5. The van der Waals surface area contributed by atoms with Gasteiger partial charge in [-0.05, 0) is 32.1 Å². The summed E-state index contributed by atoms with van der Waals surface area (Å²) in [6, 6.07) is -0.818. The van der Waals surface area contributed by atoms with E-state index in [1.54, 1.807) is 6.08 Å². The summed E-state index contributed by atoms with van der Waals surface area (Å²) in [5.41, 5.74) is 0. The molecule has 0 spiro atoms. The van der Waals surface area contributed by atoms with Crippen molar-refractivity contribution in [1.29, 1.82) is 0 Å². The van der Waals surface area contributed by atoms with Gasteiger partial charge in [-0.25, -0.2) is 0 Å². The first kappa shape index (κ1) is 60.7. The van der Waals surface area contributed by atoms with Gasteiger partial charge in [-0.15, -0.1) is 0 Å². The minimum atomic E-state index is -1.57. The molecule has 6 N–H and O–H groups in total. The number of hydrogen-bond donors (Lipinski definition) is 6. The average Bonchev–Trinajstić information content (AvgIpc) is 3.29. The molecule has 1 rings (SSSR count). The van der Waals surface area contributed by atoms with E-state index in [9.17, 15) is 30.3 Å². The largest absolute Gasteiger partial charge is 0.394 e. The molecule has 1 aliphatic rings. The molecule has 1 heterocycles. The van der Waals surface area contributed by atoms with E-state index in [0.29, 0.717) is 6.42 Å². The minimum absolute atomic E-state index is 0.181. The maximum atomic E-state index is 13.0. The lowest BCUT2D eigenvalue weighted by molar-refractivity contribution is -0.302. The number of allylic oxidation sites excluding steroid dienone is 3. The van der Waals surface area contributed by atoms with Crippen LogP contribution in [0.3, 0.4) is 0 Å². The van der Waals surface area contributed by atoms with Crippen molar-refractivity contribution in [3.63, 3.8) is 0 Å². The number of rotatable bonds is 47. The van der Waals surface area contributed by atoms with Crippen molar-refractivity contribution in [1.82, 2.24) is 5.32 Å². The van der Waals surface area contributed by atoms with E-state index in [0.717, 1.165) is 38.5 Å². The molecule has 378 valence electrons. The highest BCUT2D eigenvalue weighted by molar-refractivity contribution is 5.76. The van der Waals surface area contributed by atoms with Gasteiger partial charge < -0.3 is 40.3 Å². The number of ether oxygens (including phenoxy) is 2. The van der Waals surface area contributed by atoms with Gasteiger partial charge in [0.25, 0.3) is 0 Å². The monoisotopic (exact) mass is 908 g/mol. The highest BCUT2D eigenvalue weighted by Crippen LogP contribution is 2.23. The summed E-state index contributed by atoms with van der Waals surface area (Å²) in [5.74, 6) is -0.181. The fourth-order valence-corrected chi connectivity index (χ4v) is 8.88. The van der Waals surface area contributed by atoms with Crippen LogP contribution in [0.25, 0.3) is 0 Å². The van der Waals surface area contributed by atoms with Crippen LogP contribution < -0.4 is 5.32 Å². The number of carbonyl (C=O) groups excluding carboxylic acids is 1. The molecule has 1 amide bonds. The van der Waals surface area contributed by atoms with E-state index in [1.807, 2.05) is 6.08 Å². The van der Waals surface area contributed by atoms with Crippen LogP contribution in [-0.2, 0) is 14.3 Å². The molecule has 0 aromatic carbocycles. The maximum absolute atomic E-state index is 13.0. The molecule has 64 heavy (non-hydrogen) atoms. The molecule has 1 saturated heterocycles. The van der Waals surface area contributed by atoms with Crippen molar-refractivity contribution in [3.8, 4) is 0 Å². The second-order valence-corrected chi connectivity index (χ2v) is 19.4. The van der Waals surface area contributed by atoms with Crippen molar-refractivity contribution < 1.29 is 39.8 Å². The van der Waals surface area contributed by atoms with Crippen LogP contribution >= 0.6 is 0 Å². The summed E-state index contributed by atoms with van der Waals surface area (Å²) in [4.78, 5) is 13.0. The Bertz CT molecular complexity index is 1060. The molecule has 0 bridgehead atoms. The van der Waals surface area contributed by atoms with Crippen LogP contribution in [0.2, 0.25) is 0 Å². The molecule has 9 nitrogen and oxygen atoms in total. The van der Waals surface area contributed by atoms with Gasteiger partial charge in [0.15, 0.2) is 6.29 Å². The normalized spacial score (nSPS) is 20.1. The Kier molecular flexibility index (Phi) is 43.1. The Morgan fingerprint density at radius 3 is 1.31 bits per heavy atom. The first-order chi connectivity index (χ1) is 31.3. The molecule has 0 aromatic heterocycles. The number of carbonyl (C=O) groups is 1. The third kappa shape index (κ3) is 34.9. The Morgan fingerprint density at radius 1 is 0.516 bits per heavy atom. The van der Waals surface area contributed by atoms with Crippen LogP contribution in [0.15, 0.2) is 24.3 Å². The number of unbranched alkanes of at least 4 members (excludes halogenated alkanes) is 35. The lowest BCUT2D eigenvalue weighted by atomic mass is 9.99. The van der Waals surface area contributed by atoms with E-state index >= 15 is 0 Å². The first-order valence-electron chi connectivity index (χ1n) is 27.6. The highest BCUT2D eigenvalue weighted by Gasteiger charge is 2.44. The van der Waals surface area contributed by atoms with E-state index in [2.05, 4.69) is 31.3 Å². The van der Waals surface area contributed by atoms with Crippen molar-refractivity contribution in [2.75, 3.05) is 13.2 Å². The quantitative estimate of drug-likeness (QED) is 0.0261. The van der Waals surface area contributed by atoms with Crippen molar-refractivity contribution >= 4 is 5.91 Å². The van der Waals surface area contributed by atoms with Crippen molar-refractivity contribution in [2.24, 2.45) is 0 Å². The van der Waals surface area contributed by atoms with Crippen LogP contribution in [0.4, 0.5) is 0 Å². The fourth-order valence-electron chi connectivity index (χ4n) is 8.88. The summed E-state index contributed by atoms with van der Waals surface area (Å²) in [5, 5.41) is 54.4. The molecule has 0 aromatic rings. The molecule has 0 saturated carbocycles. The summed E-state index contributed by atoms with van der Waals surface area (Å²) in [7, 11) is 0. The van der Waals surface area contributed by atoms with Gasteiger partial charge in [0.05, 0.1) is 25.4 Å². The van der Waals surface area contributed by atoms with E-state index in [4.69, 9.17) is 9.47 Å².